The predicted octanol–water partition coefficient (Wildman–Crippen LogP) is 8.31. The molecule has 4 heterocycles. The highest BCUT2D eigenvalue weighted by molar-refractivity contribution is 6.09. The molecule has 0 saturated carbocycles. The molecule has 0 saturated heterocycles. The van der Waals surface area contributed by atoms with Crippen LogP contribution in [0.2, 0.25) is 0 Å². The van der Waals surface area contributed by atoms with Crippen LogP contribution < -0.4 is 0 Å². The third kappa shape index (κ3) is 3.10. The zero-order valence-corrected chi connectivity index (χ0v) is 20.5. The lowest BCUT2D eigenvalue weighted by Gasteiger charge is -2.09. The molecule has 0 aliphatic heterocycles. The molecule has 4 nitrogen and oxygen atoms in total. The van der Waals surface area contributed by atoms with Crippen LogP contribution in [0, 0.1) is 0 Å². The van der Waals surface area contributed by atoms with Crippen LogP contribution in [0.5, 0.6) is 0 Å². The van der Waals surface area contributed by atoms with Crippen molar-refractivity contribution < 1.29 is 0 Å². The Balaban J connectivity index is 1.16. The fraction of sp³-hybridized carbons (Fsp3) is 0. The first-order valence-corrected chi connectivity index (χ1v) is 12.8. The Kier molecular flexibility index (Phi) is 4.49. The maximum absolute atomic E-state index is 4.82. The quantitative estimate of drug-likeness (QED) is 0.252. The smallest absolute Gasteiger partial charge is 0.0763 e. The molecule has 8 aromatic rings. The van der Waals surface area contributed by atoms with Crippen LogP contribution >= 0.6 is 0 Å². The van der Waals surface area contributed by atoms with Gasteiger partial charge in [0, 0.05) is 39.2 Å². The highest BCUT2D eigenvalue weighted by atomic mass is 15.2. The van der Waals surface area contributed by atoms with Crippen LogP contribution in [0.3, 0.4) is 0 Å². The Morgan fingerprint density at radius 1 is 0.474 bits per heavy atom. The normalized spacial score (nSPS) is 11.7. The Morgan fingerprint density at radius 2 is 1.13 bits per heavy atom. The van der Waals surface area contributed by atoms with Crippen molar-refractivity contribution in [3.05, 3.63) is 134 Å². The first-order valence-electron chi connectivity index (χ1n) is 12.8. The number of para-hydroxylation sites is 3. The highest BCUT2D eigenvalue weighted by Crippen LogP contribution is 2.33. The highest BCUT2D eigenvalue weighted by Gasteiger charge is 2.13. The summed E-state index contributed by atoms with van der Waals surface area (Å²) in [5.41, 5.74) is 9.90. The van der Waals surface area contributed by atoms with E-state index in [1.165, 1.54) is 27.2 Å². The van der Waals surface area contributed by atoms with E-state index in [2.05, 4.69) is 119 Å². The van der Waals surface area contributed by atoms with Gasteiger partial charge in [0.2, 0.25) is 0 Å². The van der Waals surface area contributed by atoms with E-state index < -0.39 is 0 Å². The summed E-state index contributed by atoms with van der Waals surface area (Å²) in [6, 6.07) is 42.7. The Labute approximate surface area is 219 Å². The number of hydrogen-bond acceptors (Lipinski definition) is 2. The van der Waals surface area contributed by atoms with Gasteiger partial charge in [-0.05, 0) is 48.0 Å². The van der Waals surface area contributed by atoms with E-state index in [4.69, 9.17) is 4.98 Å². The molecule has 178 valence electrons. The van der Waals surface area contributed by atoms with Crippen molar-refractivity contribution in [1.29, 1.82) is 0 Å². The third-order valence-corrected chi connectivity index (χ3v) is 7.47. The van der Waals surface area contributed by atoms with Crippen molar-refractivity contribution >= 4 is 38.2 Å². The molecule has 8 rings (SSSR count). The minimum atomic E-state index is 0.918. The molecule has 0 N–H and O–H groups in total. The first-order chi connectivity index (χ1) is 18.8. The minimum Gasteiger partial charge on any atom is -0.309 e. The van der Waals surface area contributed by atoms with E-state index in [1.807, 2.05) is 29.0 Å². The van der Waals surface area contributed by atoms with Crippen LogP contribution in [0.25, 0.3) is 66.3 Å². The van der Waals surface area contributed by atoms with Crippen LogP contribution in [-0.4, -0.2) is 19.2 Å². The summed E-state index contributed by atoms with van der Waals surface area (Å²) in [7, 11) is 0. The van der Waals surface area contributed by atoms with Crippen LogP contribution in [0.15, 0.2) is 134 Å². The average molecular weight is 487 g/mol. The average Bonchev–Trinajstić information content (AvgIpc) is 3.57. The van der Waals surface area contributed by atoms with Crippen molar-refractivity contribution in [2.24, 2.45) is 0 Å². The van der Waals surface area contributed by atoms with E-state index in [-0.39, 0.29) is 0 Å². The number of hydrogen-bond donors (Lipinski definition) is 0. The van der Waals surface area contributed by atoms with Gasteiger partial charge >= 0.3 is 0 Å². The SMILES string of the molecule is c1ccc2c(c1)ccc1c(-c3ccc(-c4ccc(-n5c6ccccc6c6ccccc65)cc4)cn3)cnn12. The summed E-state index contributed by atoms with van der Waals surface area (Å²) >= 11 is 0. The largest absolute Gasteiger partial charge is 0.309 e. The number of benzene rings is 4. The van der Waals surface area contributed by atoms with Gasteiger partial charge in [0.05, 0.1) is 34.0 Å². The van der Waals surface area contributed by atoms with E-state index in [1.54, 1.807) is 0 Å². The second-order valence-electron chi connectivity index (χ2n) is 9.60. The predicted molar refractivity (Wildman–Crippen MR) is 156 cm³/mol. The molecule has 0 aliphatic carbocycles. The molecule has 0 aliphatic rings. The van der Waals surface area contributed by atoms with Crippen molar-refractivity contribution in [2.45, 2.75) is 0 Å². The fourth-order valence-electron chi connectivity index (χ4n) is 5.63. The topological polar surface area (TPSA) is 35.1 Å². The number of rotatable bonds is 3. The number of pyridine rings is 2. The molecule has 4 aromatic carbocycles. The van der Waals surface area contributed by atoms with Gasteiger partial charge in [0.25, 0.3) is 0 Å². The second kappa shape index (κ2) is 8.15. The summed E-state index contributed by atoms with van der Waals surface area (Å²) < 4.78 is 4.33. The Hall–Kier alpha value is -5.22. The number of nitrogens with zero attached hydrogens (tertiary/aromatic N) is 4. The summed E-state index contributed by atoms with van der Waals surface area (Å²) in [4.78, 5) is 4.82. The van der Waals surface area contributed by atoms with E-state index in [9.17, 15) is 0 Å². The molecule has 0 spiro atoms. The molecule has 0 unspecified atom stereocenters. The minimum absolute atomic E-state index is 0.918. The van der Waals surface area contributed by atoms with Crippen LogP contribution in [0.1, 0.15) is 0 Å². The lowest BCUT2D eigenvalue weighted by Crippen LogP contribution is -1.93. The zero-order chi connectivity index (χ0) is 25.1. The standard InChI is InChI=1S/C34H22N4/c1-4-10-31-24(7-1)16-20-34-29(22-36-38(31)34)30-19-15-25(21-35-30)23-13-17-26(18-14-23)37-32-11-5-2-8-27(32)28-9-3-6-12-33(28)37/h1-22H. The van der Waals surface area contributed by atoms with Crippen molar-refractivity contribution in [3.8, 4) is 28.1 Å². The van der Waals surface area contributed by atoms with E-state index in [0.717, 1.165) is 39.1 Å². The van der Waals surface area contributed by atoms with Gasteiger partial charge in [-0.15, -0.1) is 0 Å². The fourth-order valence-corrected chi connectivity index (χ4v) is 5.63. The molecule has 0 amide bonds. The number of fused-ring (bicyclic) bond motifs is 6. The Bertz CT molecular complexity index is 2060. The molecular weight excluding hydrogens is 464 g/mol. The summed E-state index contributed by atoms with van der Waals surface area (Å²) in [6.07, 6.45) is 3.86. The van der Waals surface area contributed by atoms with E-state index >= 15 is 0 Å². The van der Waals surface area contributed by atoms with Crippen LogP contribution in [0.4, 0.5) is 0 Å². The van der Waals surface area contributed by atoms with Crippen molar-refractivity contribution in [3.63, 3.8) is 0 Å². The first kappa shape index (κ1) is 20.9. The molecular formula is C34H22N4. The monoisotopic (exact) mass is 486 g/mol. The van der Waals surface area contributed by atoms with Gasteiger partial charge in [0.15, 0.2) is 0 Å². The Morgan fingerprint density at radius 3 is 1.84 bits per heavy atom. The van der Waals surface area contributed by atoms with Gasteiger partial charge in [0.1, 0.15) is 0 Å². The molecule has 0 atom stereocenters. The van der Waals surface area contributed by atoms with Crippen molar-refractivity contribution in [2.75, 3.05) is 0 Å². The van der Waals surface area contributed by atoms with E-state index in [0.29, 0.717) is 0 Å². The summed E-state index contributed by atoms with van der Waals surface area (Å²) in [5.74, 6) is 0. The van der Waals surface area contributed by atoms with Gasteiger partial charge in [-0.25, -0.2) is 4.52 Å². The van der Waals surface area contributed by atoms with Gasteiger partial charge in [-0.3, -0.25) is 4.98 Å². The summed E-state index contributed by atoms with van der Waals surface area (Å²) in [6.45, 7) is 0. The molecule has 0 fully saturated rings. The van der Waals surface area contributed by atoms with Crippen LogP contribution in [-0.2, 0) is 0 Å². The molecule has 0 radical (unpaired) electrons. The van der Waals surface area contributed by atoms with Gasteiger partial charge in [-0.2, -0.15) is 5.10 Å². The lowest BCUT2D eigenvalue weighted by molar-refractivity contribution is 1.00. The molecule has 0 bridgehead atoms. The zero-order valence-electron chi connectivity index (χ0n) is 20.5. The number of aromatic nitrogens is 4. The van der Waals surface area contributed by atoms with Crippen molar-refractivity contribution in [1.82, 2.24) is 19.2 Å². The van der Waals surface area contributed by atoms with Gasteiger partial charge < -0.3 is 4.57 Å². The molecule has 4 heteroatoms. The molecule has 38 heavy (non-hydrogen) atoms. The summed E-state index contributed by atoms with van der Waals surface area (Å²) in [5, 5.41) is 8.37. The maximum atomic E-state index is 4.82. The second-order valence-corrected chi connectivity index (χ2v) is 9.60. The lowest BCUT2D eigenvalue weighted by atomic mass is 10.1. The maximum Gasteiger partial charge on any atom is 0.0763 e. The molecule has 4 aromatic heterocycles. The van der Waals surface area contributed by atoms with Gasteiger partial charge in [-0.1, -0.05) is 78.9 Å². The third-order valence-electron chi connectivity index (χ3n) is 7.47.